The predicted octanol–water partition coefficient (Wildman–Crippen LogP) is 4.12. The summed E-state index contributed by atoms with van der Waals surface area (Å²) in [6.45, 7) is 5.24. The van der Waals surface area contributed by atoms with Crippen LogP contribution in [0.3, 0.4) is 0 Å². The van der Waals surface area contributed by atoms with Crippen LogP contribution in [0.1, 0.15) is 43.7 Å². The molecular weight excluding hydrogens is 444 g/mol. The number of carboxylic acids is 1. The fourth-order valence-electron chi connectivity index (χ4n) is 5.94. The number of fused-ring (bicyclic) bond motifs is 4. The largest absolute Gasteiger partial charge is 0.481 e. The monoisotopic (exact) mass is 476 g/mol. The van der Waals surface area contributed by atoms with Crippen LogP contribution in [-0.4, -0.2) is 54.2 Å². The van der Waals surface area contributed by atoms with E-state index in [2.05, 4.69) is 29.6 Å². The lowest BCUT2D eigenvalue weighted by atomic mass is 9.85. The van der Waals surface area contributed by atoms with Gasteiger partial charge in [0.05, 0.1) is 11.3 Å². The van der Waals surface area contributed by atoms with Crippen LogP contribution in [0.4, 0.5) is 4.79 Å². The van der Waals surface area contributed by atoms with E-state index in [4.69, 9.17) is 4.74 Å². The van der Waals surface area contributed by atoms with Gasteiger partial charge in [-0.05, 0) is 53.9 Å². The zero-order chi connectivity index (χ0) is 24.7. The normalized spacial score (nSPS) is 23.9. The van der Waals surface area contributed by atoms with Crippen molar-refractivity contribution in [2.24, 2.45) is 23.2 Å². The van der Waals surface area contributed by atoms with Gasteiger partial charge >= 0.3 is 12.1 Å². The number of hydrogen-bond donors (Lipinski definition) is 2. The molecule has 1 saturated carbocycles. The Labute approximate surface area is 205 Å². The fraction of sp³-hybridized carbons (Fsp3) is 0.464. The maximum Gasteiger partial charge on any atom is 0.407 e. The lowest BCUT2D eigenvalue weighted by Crippen LogP contribution is -2.50. The Morgan fingerprint density at radius 1 is 1.06 bits per heavy atom. The first-order chi connectivity index (χ1) is 16.8. The van der Waals surface area contributed by atoms with Gasteiger partial charge in [-0.15, -0.1) is 0 Å². The quantitative estimate of drug-likeness (QED) is 0.627. The molecule has 7 nitrogen and oxygen atoms in total. The van der Waals surface area contributed by atoms with Crippen molar-refractivity contribution in [3.63, 3.8) is 0 Å². The predicted molar refractivity (Wildman–Crippen MR) is 131 cm³/mol. The summed E-state index contributed by atoms with van der Waals surface area (Å²) in [4.78, 5) is 39.1. The number of nitrogens with one attached hydrogen (secondary N) is 1. The fourth-order valence-corrected chi connectivity index (χ4v) is 5.94. The standard InChI is InChI=1S/C28H32N2O5/c1-3-28(2,26(33)30-13-12-21-22(14-30)24(21)25(31)32)16-29-27(34)35-15-23-19-10-6-4-8-17(19)18-9-5-7-11-20(18)23/h4-11,21-24H,3,12-16H2,1-2H3,(H,29,34)(H,31,32)/t21-,22+,24?,28?/m1/s1. The minimum absolute atomic E-state index is 0.0191. The number of carboxylic acid groups (broad SMARTS) is 1. The van der Waals surface area contributed by atoms with Crippen LogP contribution in [0.2, 0.25) is 0 Å². The number of rotatable bonds is 7. The van der Waals surface area contributed by atoms with Crippen LogP contribution in [0, 0.1) is 23.2 Å². The van der Waals surface area contributed by atoms with E-state index in [1.54, 1.807) is 4.90 Å². The zero-order valence-electron chi connectivity index (χ0n) is 20.2. The highest BCUT2D eigenvalue weighted by Crippen LogP contribution is 2.52. The summed E-state index contributed by atoms with van der Waals surface area (Å²) in [6.07, 6.45) is 0.751. The molecule has 0 radical (unpaired) electrons. The van der Waals surface area contributed by atoms with Gasteiger partial charge in [0.15, 0.2) is 0 Å². The van der Waals surface area contributed by atoms with E-state index in [1.165, 1.54) is 11.1 Å². The molecule has 35 heavy (non-hydrogen) atoms. The van der Waals surface area contributed by atoms with Gasteiger partial charge in [-0.25, -0.2) is 4.79 Å². The smallest absolute Gasteiger partial charge is 0.407 e. The van der Waals surface area contributed by atoms with Crippen molar-refractivity contribution in [3.8, 4) is 11.1 Å². The van der Waals surface area contributed by atoms with Crippen LogP contribution in [0.15, 0.2) is 48.5 Å². The van der Waals surface area contributed by atoms with E-state index in [0.717, 1.165) is 17.5 Å². The Morgan fingerprint density at radius 2 is 1.69 bits per heavy atom. The summed E-state index contributed by atoms with van der Waals surface area (Å²) in [7, 11) is 0. The number of carbonyl (C=O) groups excluding carboxylic acids is 2. The number of alkyl carbamates (subject to hydrolysis) is 1. The summed E-state index contributed by atoms with van der Waals surface area (Å²) >= 11 is 0. The van der Waals surface area contributed by atoms with E-state index in [0.29, 0.717) is 19.5 Å². The van der Waals surface area contributed by atoms with Gasteiger partial charge in [-0.1, -0.05) is 55.5 Å². The average Bonchev–Trinajstić information content (AvgIpc) is 3.53. The second-order valence-electron chi connectivity index (χ2n) is 10.3. The van der Waals surface area contributed by atoms with E-state index in [1.807, 2.05) is 38.1 Å². The highest BCUT2D eigenvalue weighted by molar-refractivity contribution is 5.84. The van der Waals surface area contributed by atoms with E-state index < -0.39 is 17.5 Å². The molecule has 2 aromatic rings. The third-order valence-electron chi connectivity index (χ3n) is 8.33. The third kappa shape index (κ3) is 4.17. The van der Waals surface area contributed by atoms with Crippen molar-refractivity contribution in [1.82, 2.24) is 10.2 Å². The minimum Gasteiger partial charge on any atom is -0.481 e. The molecule has 2 fully saturated rings. The third-order valence-corrected chi connectivity index (χ3v) is 8.33. The van der Waals surface area contributed by atoms with Crippen molar-refractivity contribution < 1.29 is 24.2 Å². The number of likely N-dealkylation sites (tertiary alicyclic amines) is 1. The molecule has 3 aliphatic rings. The molecule has 0 aromatic heterocycles. The second kappa shape index (κ2) is 9.02. The van der Waals surface area contributed by atoms with Crippen molar-refractivity contribution in [2.75, 3.05) is 26.2 Å². The molecule has 2 N–H and O–H groups in total. The van der Waals surface area contributed by atoms with Gasteiger partial charge in [0.1, 0.15) is 6.61 Å². The number of nitrogens with zero attached hydrogens (tertiary/aromatic N) is 1. The maximum absolute atomic E-state index is 13.3. The minimum atomic E-state index is -0.772. The molecule has 1 saturated heterocycles. The van der Waals surface area contributed by atoms with Gasteiger partial charge in [0.2, 0.25) is 5.91 Å². The first-order valence-electron chi connectivity index (χ1n) is 12.4. The Balaban J connectivity index is 1.18. The molecule has 1 heterocycles. The first kappa shape index (κ1) is 23.4. The van der Waals surface area contributed by atoms with Gasteiger partial charge in [0, 0.05) is 25.6 Å². The molecule has 2 aliphatic carbocycles. The average molecular weight is 477 g/mol. The number of piperidine rings is 1. The van der Waals surface area contributed by atoms with E-state index >= 15 is 0 Å². The molecule has 0 spiro atoms. The van der Waals surface area contributed by atoms with Crippen LogP contribution >= 0.6 is 0 Å². The van der Waals surface area contributed by atoms with Crippen molar-refractivity contribution in [1.29, 1.82) is 0 Å². The highest BCUT2D eigenvalue weighted by Gasteiger charge is 2.58. The highest BCUT2D eigenvalue weighted by atomic mass is 16.5. The first-order valence-corrected chi connectivity index (χ1v) is 12.4. The molecular formula is C28H32N2O5. The number of hydrogen-bond acceptors (Lipinski definition) is 4. The summed E-state index contributed by atoms with van der Waals surface area (Å²) in [5.41, 5.74) is 3.87. The second-order valence-corrected chi connectivity index (χ2v) is 10.3. The van der Waals surface area contributed by atoms with Crippen LogP contribution < -0.4 is 5.32 Å². The van der Waals surface area contributed by atoms with Crippen molar-refractivity contribution in [3.05, 3.63) is 59.7 Å². The lowest BCUT2D eigenvalue weighted by molar-refractivity contribution is -0.143. The molecule has 2 aromatic carbocycles. The van der Waals surface area contributed by atoms with Crippen LogP contribution in [-0.2, 0) is 14.3 Å². The molecule has 2 amide bonds. The molecule has 5 rings (SSSR count). The van der Waals surface area contributed by atoms with E-state index in [-0.39, 0.29) is 42.7 Å². The zero-order valence-corrected chi connectivity index (χ0v) is 20.2. The number of ether oxygens (including phenoxy) is 1. The molecule has 184 valence electrons. The Kier molecular flexibility index (Phi) is 6.03. The lowest BCUT2D eigenvalue weighted by Gasteiger charge is -2.35. The van der Waals surface area contributed by atoms with Gasteiger partial charge < -0.3 is 20.1 Å². The van der Waals surface area contributed by atoms with Crippen LogP contribution in [0.25, 0.3) is 11.1 Å². The number of carbonyl (C=O) groups is 3. The Hall–Kier alpha value is -3.35. The Morgan fingerprint density at radius 3 is 2.29 bits per heavy atom. The van der Waals surface area contributed by atoms with Gasteiger partial charge in [-0.3, -0.25) is 9.59 Å². The van der Waals surface area contributed by atoms with E-state index in [9.17, 15) is 19.5 Å². The molecule has 0 bridgehead atoms. The number of benzene rings is 2. The number of aliphatic carboxylic acids is 1. The summed E-state index contributed by atoms with van der Waals surface area (Å²) in [5.74, 6) is -0.878. The molecule has 4 atom stereocenters. The number of amides is 2. The maximum atomic E-state index is 13.3. The SMILES string of the molecule is CCC(C)(CNC(=O)OCC1c2ccccc2-c2ccccc21)C(=O)N1CC[C@H]2C(C(=O)O)[C@H]2C1. The molecule has 1 aliphatic heterocycles. The van der Waals surface area contributed by atoms with Crippen molar-refractivity contribution in [2.45, 2.75) is 32.6 Å². The van der Waals surface area contributed by atoms with Crippen molar-refractivity contribution >= 4 is 18.0 Å². The molecule has 2 unspecified atom stereocenters. The molecule has 7 heteroatoms. The Bertz CT molecular complexity index is 1120. The summed E-state index contributed by atoms with van der Waals surface area (Å²) in [5, 5.41) is 12.1. The van der Waals surface area contributed by atoms with Crippen LogP contribution in [0.5, 0.6) is 0 Å². The van der Waals surface area contributed by atoms with Gasteiger partial charge in [-0.2, -0.15) is 0 Å². The summed E-state index contributed by atoms with van der Waals surface area (Å²) in [6, 6.07) is 16.4. The summed E-state index contributed by atoms with van der Waals surface area (Å²) < 4.78 is 5.63. The van der Waals surface area contributed by atoms with Gasteiger partial charge in [0.25, 0.3) is 0 Å². The topological polar surface area (TPSA) is 95.9 Å².